The van der Waals surface area contributed by atoms with E-state index in [0.717, 1.165) is 26.9 Å². The highest BCUT2D eigenvalue weighted by Crippen LogP contribution is 2.34. The average Bonchev–Trinajstić information content (AvgIpc) is 2.76. The molecule has 6 heteroatoms. The summed E-state index contributed by atoms with van der Waals surface area (Å²) in [7, 11) is 0. The van der Waals surface area contributed by atoms with Crippen molar-refractivity contribution < 1.29 is 13.5 Å². The average molecular weight is 480 g/mol. The Bertz CT molecular complexity index is 1330. The zero-order valence-corrected chi connectivity index (χ0v) is 18.4. The van der Waals surface area contributed by atoms with Gasteiger partial charge in [0.05, 0.1) is 16.5 Å². The van der Waals surface area contributed by atoms with Crippen molar-refractivity contribution in [2.75, 3.05) is 6.73 Å². The number of hydrogen-bond donors (Lipinski definition) is 0. The molecule has 1 aliphatic rings. The van der Waals surface area contributed by atoms with Crippen LogP contribution in [0.25, 0.3) is 22.1 Å². The molecular weight excluding hydrogens is 461 g/mol. The monoisotopic (exact) mass is 479 g/mol. The highest BCUT2D eigenvalue weighted by molar-refractivity contribution is 9.10. The Balaban J connectivity index is 1.55. The fourth-order valence-electron chi connectivity index (χ4n) is 4.02. The molecule has 0 radical (unpaired) electrons. The van der Waals surface area contributed by atoms with E-state index in [9.17, 15) is 9.18 Å². The maximum absolute atomic E-state index is 13.4. The summed E-state index contributed by atoms with van der Waals surface area (Å²) in [6.45, 7) is 3.41. The Morgan fingerprint density at radius 2 is 1.77 bits per heavy atom. The standard InChI is InChI=1S/C25H19BrFNO3/c1-15-23(17-4-6-18(26)7-5-17)24(29)20-10-11-22-21(25(20)31-15)13-28(14-30-22)12-16-2-8-19(27)9-3-16/h2-11H,12-14H2,1H3. The zero-order valence-electron chi connectivity index (χ0n) is 16.8. The van der Waals surface area contributed by atoms with Crippen molar-refractivity contribution in [2.45, 2.75) is 20.0 Å². The summed E-state index contributed by atoms with van der Waals surface area (Å²) in [6.07, 6.45) is 0. The third kappa shape index (κ3) is 3.77. The molecule has 156 valence electrons. The van der Waals surface area contributed by atoms with Gasteiger partial charge in [0.2, 0.25) is 5.43 Å². The van der Waals surface area contributed by atoms with E-state index in [-0.39, 0.29) is 11.2 Å². The van der Waals surface area contributed by atoms with Crippen molar-refractivity contribution in [2.24, 2.45) is 0 Å². The predicted molar refractivity (Wildman–Crippen MR) is 121 cm³/mol. The summed E-state index contributed by atoms with van der Waals surface area (Å²) in [5.41, 5.74) is 3.74. The second-order valence-electron chi connectivity index (χ2n) is 7.68. The van der Waals surface area contributed by atoms with Crippen molar-refractivity contribution in [1.29, 1.82) is 0 Å². The molecular formula is C25H19BrFNO3. The van der Waals surface area contributed by atoms with Gasteiger partial charge in [-0.15, -0.1) is 0 Å². The van der Waals surface area contributed by atoms with Crippen molar-refractivity contribution in [3.05, 3.63) is 98.1 Å². The summed E-state index contributed by atoms with van der Waals surface area (Å²) < 4.78 is 26.3. The minimum Gasteiger partial charge on any atom is -0.478 e. The quantitative estimate of drug-likeness (QED) is 0.360. The molecule has 4 nitrogen and oxygen atoms in total. The van der Waals surface area contributed by atoms with Gasteiger partial charge in [-0.25, -0.2) is 4.39 Å². The largest absolute Gasteiger partial charge is 0.478 e. The number of halogens is 2. The van der Waals surface area contributed by atoms with Crippen LogP contribution in [0.3, 0.4) is 0 Å². The van der Waals surface area contributed by atoms with Gasteiger partial charge in [0.25, 0.3) is 0 Å². The van der Waals surface area contributed by atoms with Gasteiger partial charge in [-0.05, 0) is 54.4 Å². The van der Waals surface area contributed by atoms with Crippen LogP contribution in [0.1, 0.15) is 16.9 Å². The van der Waals surface area contributed by atoms with E-state index in [2.05, 4.69) is 20.8 Å². The van der Waals surface area contributed by atoms with Gasteiger partial charge in [-0.3, -0.25) is 9.69 Å². The normalized spacial score (nSPS) is 13.8. The Kier molecular flexibility index (Phi) is 5.12. The molecule has 3 aromatic carbocycles. The van der Waals surface area contributed by atoms with Gasteiger partial charge in [0.15, 0.2) is 0 Å². The molecule has 0 spiro atoms. The highest BCUT2D eigenvalue weighted by Gasteiger charge is 2.24. The summed E-state index contributed by atoms with van der Waals surface area (Å²) in [4.78, 5) is 15.5. The molecule has 0 bridgehead atoms. The molecule has 0 saturated carbocycles. The number of fused-ring (bicyclic) bond motifs is 3. The zero-order chi connectivity index (χ0) is 21.5. The third-order valence-electron chi connectivity index (χ3n) is 5.53. The number of ether oxygens (including phenoxy) is 1. The van der Waals surface area contributed by atoms with E-state index in [1.54, 1.807) is 18.2 Å². The second-order valence-corrected chi connectivity index (χ2v) is 8.59. The summed E-state index contributed by atoms with van der Waals surface area (Å²) >= 11 is 3.43. The molecule has 0 N–H and O–H groups in total. The summed E-state index contributed by atoms with van der Waals surface area (Å²) in [5, 5.41) is 0.537. The van der Waals surface area contributed by atoms with E-state index in [1.165, 1.54) is 12.1 Å². The van der Waals surface area contributed by atoms with Crippen LogP contribution in [0.4, 0.5) is 4.39 Å². The highest BCUT2D eigenvalue weighted by atomic mass is 79.9. The number of hydrogen-bond acceptors (Lipinski definition) is 4. The lowest BCUT2D eigenvalue weighted by Crippen LogP contribution is -2.31. The first kappa shape index (κ1) is 20.0. The lowest BCUT2D eigenvalue weighted by molar-refractivity contribution is 0.0889. The molecule has 5 rings (SSSR count). The van der Waals surface area contributed by atoms with Gasteiger partial charge in [0, 0.05) is 17.6 Å². The van der Waals surface area contributed by atoms with Crippen LogP contribution in [-0.2, 0) is 13.1 Å². The Morgan fingerprint density at radius 1 is 1.03 bits per heavy atom. The molecule has 31 heavy (non-hydrogen) atoms. The second kappa shape index (κ2) is 7.94. The molecule has 4 aromatic rings. The van der Waals surface area contributed by atoms with Gasteiger partial charge < -0.3 is 9.15 Å². The van der Waals surface area contributed by atoms with Crippen molar-refractivity contribution in [3.63, 3.8) is 0 Å². The summed E-state index contributed by atoms with van der Waals surface area (Å²) in [5.74, 6) is 1.04. The molecule has 0 unspecified atom stereocenters. The number of benzene rings is 3. The van der Waals surface area contributed by atoms with Crippen LogP contribution in [0.15, 0.2) is 74.3 Å². The van der Waals surface area contributed by atoms with Gasteiger partial charge in [-0.1, -0.05) is 40.2 Å². The molecule has 1 aromatic heterocycles. The van der Waals surface area contributed by atoms with E-state index < -0.39 is 0 Å². The van der Waals surface area contributed by atoms with Crippen molar-refractivity contribution >= 4 is 26.9 Å². The minimum absolute atomic E-state index is 0.0560. The lowest BCUT2D eigenvalue weighted by atomic mass is 10.0. The van der Waals surface area contributed by atoms with Crippen molar-refractivity contribution in [3.8, 4) is 16.9 Å². The van der Waals surface area contributed by atoms with Crippen LogP contribution in [0.5, 0.6) is 5.75 Å². The first-order valence-corrected chi connectivity index (χ1v) is 10.7. The van der Waals surface area contributed by atoms with Crippen LogP contribution >= 0.6 is 15.9 Å². The maximum Gasteiger partial charge on any atom is 0.200 e. The Morgan fingerprint density at radius 3 is 2.52 bits per heavy atom. The van der Waals surface area contributed by atoms with Crippen LogP contribution in [-0.4, -0.2) is 11.6 Å². The first-order valence-electron chi connectivity index (χ1n) is 9.94. The molecule has 0 fully saturated rings. The molecule has 0 amide bonds. The molecule has 0 aliphatic carbocycles. The Hall–Kier alpha value is -2.96. The van der Waals surface area contributed by atoms with E-state index in [1.807, 2.05) is 37.3 Å². The lowest BCUT2D eigenvalue weighted by Gasteiger charge is -2.29. The molecule has 1 aliphatic heterocycles. The summed E-state index contributed by atoms with van der Waals surface area (Å²) in [6, 6.07) is 17.7. The SMILES string of the molecule is Cc1oc2c3c(ccc2c(=O)c1-c1ccc(Br)cc1)OCN(Cc1ccc(F)cc1)C3. The van der Waals surface area contributed by atoms with Crippen LogP contribution < -0.4 is 10.2 Å². The third-order valence-corrected chi connectivity index (χ3v) is 6.06. The van der Waals surface area contributed by atoms with Gasteiger partial charge in [0.1, 0.15) is 29.6 Å². The van der Waals surface area contributed by atoms with Crippen LogP contribution in [0.2, 0.25) is 0 Å². The topological polar surface area (TPSA) is 42.7 Å². The predicted octanol–water partition coefficient (Wildman–Crippen LogP) is 6.02. The molecule has 0 atom stereocenters. The maximum atomic E-state index is 13.4. The van der Waals surface area contributed by atoms with E-state index >= 15 is 0 Å². The fourth-order valence-corrected chi connectivity index (χ4v) is 4.28. The number of nitrogens with zero attached hydrogens (tertiary/aromatic N) is 1. The van der Waals surface area contributed by atoms with E-state index in [0.29, 0.717) is 42.1 Å². The van der Waals surface area contributed by atoms with E-state index in [4.69, 9.17) is 9.15 Å². The fraction of sp³-hybridized carbons (Fsp3) is 0.160. The molecule has 0 saturated heterocycles. The molecule has 2 heterocycles. The van der Waals surface area contributed by atoms with Crippen molar-refractivity contribution in [1.82, 2.24) is 4.90 Å². The number of aryl methyl sites for hydroxylation is 1. The van der Waals surface area contributed by atoms with Gasteiger partial charge in [-0.2, -0.15) is 0 Å². The first-order chi connectivity index (χ1) is 15.0. The number of rotatable bonds is 3. The smallest absolute Gasteiger partial charge is 0.200 e. The minimum atomic E-state index is -0.256. The Labute approximate surface area is 187 Å². The van der Waals surface area contributed by atoms with Gasteiger partial charge >= 0.3 is 0 Å². The van der Waals surface area contributed by atoms with Crippen LogP contribution in [0, 0.1) is 12.7 Å².